The van der Waals surface area contributed by atoms with Crippen LogP contribution < -0.4 is 10.2 Å². The van der Waals surface area contributed by atoms with E-state index >= 15 is 0 Å². The van der Waals surface area contributed by atoms with E-state index in [2.05, 4.69) is 15.3 Å². The zero-order chi connectivity index (χ0) is 18.2. The topological polar surface area (TPSA) is 50.7 Å². The van der Waals surface area contributed by atoms with Gasteiger partial charge in [0.15, 0.2) is 0 Å². The lowest BCUT2D eigenvalue weighted by molar-refractivity contribution is -0.0498. The molecule has 25 heavy (non-hydrogen) atoms. The van der Waals surface area contributed by atoms with Gasteiger partial charge >= 0.3 is 6.61 Å². The number of nitrogens with one attached hydrogen (secondary N) is 1. The average Bonchev–Trinajstić information content (AvgIpc) is 2.59. The van der Waals surface area contributed by atoms with Crippen molar-refractivity contribution in [2.24, 2.45) is 5.10 Å². The van der Waals surface area contributed by atoms with Crippen LogP contribution in [0.15, 0.2) is 53.6 Å². The van der Waals surface area contributed by atoms with Crippen LogP contribution in [0.3, 0.4) is 0 Å². The number of ether oxygens (including phenoxy) is 1. The Morgan fingerprint density at radius 3 is 2.48 bits per heavy atom. The van der Waals surface area contributed by atoms with Gasteiger partial charge < -0.3 is 4.74 Å². The molecule has 6 heteroatoms. The predicted octanol–water partition coefficient (Wildman–Crippen LogP) is 4.33. The summed E-state index contributed by atoms with van der Waals surface area (Å²) in [6, 6.07) is 13.8. The number of nitrogens with zero attached hydrogens (tertiary/aromatic N) is 1. The van der Waals surface area contributed by atoms with Crippen LogP contribution in [0, 0.1) is 6.92 Å². The lowest BCUT2D eigenvalue weighted by Gasteiger charge is -2.07. The second kappa shape index (κ2) is 8.92. The summed E-state index contributed by atoms with van der Waals surface area (Å²) in [5.41, 5.74) is 5.78. The summed E-state index contributed by atoms with van der Waals surface area (Å²) < 4.78 is 28.5. The van der Waals surface area contributed by atoms with Gasteiger partial charge in [0, 0.05) is 11.3 Å². The Bertz CT molecular complexity index is 743. The van der Waals surface area contributed by atoms with Gasteiger partial charge in [-0.1, -0.05) is 30.3 Å². The van der Waals surface area contributed by atoms with E-state index in [-0.39, 0.29) is 11.7 Å². The Morgan fingerprint density at radius 1 is 1.16 bits per heavy atom. The third kappa shape index (κ3) is 5.99. The van der Waals surface area contributed by atoms with Crippen molar-refractivity contribution in [2.75, 3.05) is 0 Å². The van der Waals surface area contributed by atoms with Gasteiger partial charge in [-0.3, -0.25) is 4.79 Å². The molecule has 0 radical (unpaired) electrons. The van der Waals surface area contributed by atoms with Gasteiger partial charge in [0.1, 0.15) is 5.75 Å². The van der Waals surface area contributed by atoms with Crippen LogP contribution in [0.4, 0.5) is 8.78 Å². The summed E-state index contributed by atoms with van der Waals surface area (Å²) in [5.74, 6) is -0.111. The van der Waals surface area contributed by atoms with Crippen molar-refractivity contribution >= 4 is 11.6 Å². The van der Waals surface area contributed by atoms with E-state index in [4.69, 9.17) is 0 Å². The molecule has 2 rings (SSSR count). The van der Waals surface area contributed by atoms with E-state index in [0.717, 1.165) is 16.8 Å². The fourth-order valence-electron chi connectivity index (χ4n) is 2.25. The molecule has 1 N–H and O–H groups in total. The highest BCUT2D eigenvalue weighted by atomic mass is 19.3. The molecule has 0 saturated carbocycles. The summed E-state index contributed by atoms with van der Waals surface area (Å²) in [4.78, 5) is 12.1. The average molecular weight is 346 g/mol. The highest BCUT2D eigenvalue weighted by molar-refractivity contribution is 5.96. The first-order valence-corrected chi connectivity index (χ1v) is 7.88. The van der Waals surface area contributed by atoms with Gasteiger partial charge in [-0.2, -0.15) is 13.9 Å². The molecular formula is C19H20F2N2O2. The Morgan fingerprint density at radius 2 is 1.84 bits per heavy atom. The van der Waals surface area contributed by atoms with E-state index < -0.39 is 6.61 Å². The van der Waals surface area contributed by atoms with Crippen molar-refractivity contribution in [3.05, 3.63) is 65.2 Å². The number of aryl methyl sites for hydroxylation is 2. The van der Waals surface area contributed by atoms with Crippen LogP contribution >= 0.6 is 0 Å². The van der Waals surface area contributed by atoms with Crippen molar-refractivity contribution in [2.45, 2.75) is 33.3 Å². The zero-order valence-electron chi connectivity index (χ0n) is 14.1. The lowest BCUT2D eigenvalue weighted by atomic mass is 10.1. The summed E-state index contributed by atoms with van der Waals surface area (Å²) in [5, 5.41) is 4.11. The molecular weight excluding hydrogens is 326 g/mol. The normalized spacial score (nSPS) is 11.5. The van der Waals surface area contributed by atoms with E-state index in [1.54, 1.807) is 24.3 Å². The fourth-order valence-corrected chi connectivity index (χ4v) is 2.25. The first-order valence-electron chi connectivity index (χ1n) is 7.88. The number of alkyl halides is 2. The number of hydrogen-bond donors (Lipinski definition) is 1. The quantitative estimate of drug-likeness (QED) is 0.599. The van der Waals surface area contributed by atoms with Crippen molar-refractivity contribution in [1.29, 1.82) is 0 Å². The molecule has 0 bridgehead atoms. The Hall–Kier alpha value is -2.76. The van der Waals surface area contributed by atoms with E-state index in [9.17, 15) is 13.6 Å². The maximum atomic E-state index is 12.1. The minimum absolute atomic E-state index is 0.134. The monoisotopic (exact) mass is 346 g/mol. The van der Waals surface area contributed by atoms with Crippen molar-refractivity contribution in [3.63, 3.8) is 0 Å². The van der Waals surface area contributed by atoms with Crippen molar-refractivity contribution in [1.82, 2.24) is 5.43 Å². The van der Waals surface area contributed by atoms with E-state index in [0.29, 0.717) is 18.4 Å². The molecule has 2 aromatic carbocycles. The summed E-state index contributed by atoms with van der Waals surface area (Å²) in [6.45, 7) is 0.872. The highest BCUT2D eigenvalue weighted by Crippen LogP contribution is 2.16. The standard InChI is InChI=1S/C19H20F2N2O2/c1-13-5-3-4-6-17(13)18(24)23-22-14(2)7-8-15-9-11-16(12-10-15)25-19(20)21/h3-6,9-12,19H,7-8H2,1-2H3,(H,23,24)/b22-14-. The number of benzene rings is 2. The van der Waals surface area contributed by atoms with Crippen molar-refractivity contribution in [3.8, 4) is 5.75 Å². The smallest absolute Gasteiger partial charge is 0.387 e. The Balaban J connectivity index is 1.85. The van der Waals surface area contributed by atoms with E-state index in [1.807, 2.05) is 26.0 Å². The minimum atomic E-state index is -2.82. The highest BCUT2D eigenvalue weighted by Gasteiger charge is 2.07. The number of amides is 1. The number of carbonyl (C=O) groups excluding carboxylic acids is 1. The van der Waals surface area contributed by atoms with Gasteiger partial charge in [0.05, 0.1) is 0 Å². The second-order valence-corrected chi connectivity index (χ2v) is 5.63. The molecule has 132 valence electrons. The summed E-state index contributed by atoms with van der Waals surface area (Å²) >= 11 is 0. The molecule has 0 atom stereocenters. The van der Waals surface area contributed by atoms with Crippen LogP contribution in [-0.4, -0.2) is 18.2 Å². The second-order valence-electron chi connectivity index (χ2n) is 5.63. The number of hydrazone groups is 1. The largest absolute Gasteiger partial charge is 0.435 e. The number of halogens is 2. The lowest BCUT2D eigenvalue weighted by Crippen LogP contribution is -2.20. The van der Waals surface area contributed by atoms with Gasteiger partial charge in [-0.25, -0.2) is 5.43 Å². The van der Waals surface area contributed by atoms with Gasteiger partial charge in [0.25, 0.3) is 5.91 Å². The Kier molecular flexibility index (Phi) is 6.62. The molecule has 0 aliphatic carbocycles. The third-order valence-electron chi connectivity index (χ3n) is 3.66. The number of rotatable bonds is 7. The summed E-state index contributed by atoms with van der Waals surface area (Å²) in [6.07, 6.45) is 1.33. The maximum Gasteiger partial charge on any atom is 0.387 e. The van der Waals surface area contributed by atoms with Gasteiger partial charge in [-0.05, 0) is 56.0 Å². The number of carbonyl (C=O) groups is 1. The molecule has 1 amide bonds. The maximum absolute atomic E-state index is 12.1. The molecule has 0 aromatic heterocycles. The molecule has 0 unspecified atom stereocenters. The Labute approximate surface area is 145 Å². The number of hydrogen-bond acceptors (Lipinski definition) is 3. The molecule has 0 heterocycles. The third-order valence-corrected chi connectivity index (χ3v) is 3.66. The van der Waals surface area contributed by atoms with Crippen molar-refractivity contribution < 1.29 is 18.3 Å². The van der Waals surface area contributed by atoms with Crippen LogP contribution in [0.2, 0.25) is 0 Å². The van der Waals surface area contributed by atoms with Crippen LogP contribution in [-0.2, 0) is 6.42 Å². The molecule has 0 aliphatic rings. The fraction of sp³-hybridized carbons (Fsp3) is 0.263. The minimum Gasteiger partial charge on any atom is -0.435 e. The summed E-state index contributed by atoms with van der Waals surface area (Å²) in [7, 11) is 0. The zero-order valence-corrected chi connectivity index (χ0v) is 14.1. The molecule has 0 spiro atoms. The first kappa shape index (κ1) is 18.6. The predicted molar refractivity (Wildman–Crippen MR) is 93.1 cm³/mol. The van der Waals surface area contributed by atoms with Crippen LogP contribution in [0.25, 0.3) is 0 Å². The molecule has 4 nitrogen and oxygen atoms in total. The molecule has 0 aliphatic heterocycles. The van der Waals surface area contributed by atoms with Crippen LogP contribution in [0.1, 0.15) is 34.8 Å². The van der Waals surface area contributed by atoms with E-state index in [1.165, 1.54) is 12.1 Å². The molecule has 0 saturated heterocycles. The SMILES string of the molecule is C/C(CCc1ccc(OC(F)F)cc1)=N/NC(=O)c1ccccc1C. The first-order chi connectivity index (χ1) is 12.0. The van der Waals surface area contributed by atoms with Crippen LogP contribution in [0.5, 0.6) is 5.75 Å². The van der Waals surface area contributed by atoms with Gasteiger partial charge in [-0.15, -0.1) is 0 Å². The molecule has 0 fully saturated rings. The molecule has 2 aromatic rings. The van der Waals surface area contributed by atoms with Gasteiger partial charge in [0.2, 0.25) is 0 Å².